The lowest BCUT2D eigenvalue weighted by atomic mass is 10.0. The fraction of sp³-hybridized carbons (Fsp3) is 0.154. The SMILES string of the molecule is COc1ccccc1-c1cccnc1CN. The molecule has 1 aromatic heterocycles. The van der Waals surface area contributed by atoms with Gasteiger partial charge in [-0.05, 0) is 12.1 Å². The molecule has 0 spiro atoms. The topological polar surface area (TPSA) is 48.1 Å². The number of ether oxygens (including phenoxy) is 1. The van der Waals surface area contributed by atoms with E-state index in [1.807, 2.05) is 36.4 Å². The van der Waals surface area contributed by atoms with Crippen LogP contribution < -0.4 is 10.5 Å². The van der Waals surface area contributed by atoms with E-state index in [2.05, 4.69) is 4.98 Å². The molecule has 3 heteroatoms. The third kappa shape index (κ3) is 1.90. The van der Waals surface area contributed by atoms with Crippen LogP contribution in [0.15, 0.2) is 42.6 Å². The van der Waals surface area contributed by atoms with Gasteiger partial charge in [0, 0.05) is 23.9 Å². The molecule has 0 unspecified atom stereocenters. The maximum atomic E-state index is 5.68. The number of benzene rings is 1. The van der Waals surface area contributed by atoms with Crippen LogP contribution in [0, 0.1) is 0 Å². The zero-order valence-corrected chi connectivity index (χ0v) is 9.18. The molecule has 0 bridgehead atoms. The molecule has 1 heterocycles. The number of hydrogen-bond donors (Lipinski definition) is 1. The monoisotopic (exact) mass is 214 g/mol. The molecule has 16 heavy (non-hydrogen) atoms. The predicted octanol–water partition coefficient (Wildman–Crippen LogP) is 2.22. The van der Waals surface area contributed by atoms with E-state index < -0.39 is 0 Å². The number of para-hydroxylation sites is 1. The molecule has 2 N–H and O–H groups in total. The first kappa shape index (κ1) is 10.6. The Balaban J connectivity index is 2.58. The van der Waals surface area contributed by atoms with Crippen LogP contribution in [0.2, 0.25) is 0 Å². The third-order valence-corrected chi connectivity index (χ3v) is 2.48. The smallest absolute Gasteiger partial charge is 0.126 e. The van der Waals surface area contributed by atoms with E-state index in [9.17, 15) is 0 Å². The zero-order chi connectivity index (χ0) is 11.4. The molecular weight excluding hydrogens is 200 g/mol. The number of hydrogen-bond acceptors (Lipinski definition) is 3. The standard InChI is InChI=1S/C13H14N2O/c1-16-13-7-3-2-5-11(13)10-6-4-8-15-12(10)9-14/h2-8H,9,14H2,1H3. The predicted molar refractivity (Wildman–Crippen MR) is 64.1 cm³/mol. The molecule has 3 nitrogen and oxygen atoms in total. The highest BCUT2D eigenvalue weighted by Crippen LogP contribution is 2.30. The van der Waals surface area contributed by atoms with Gasteiger partial charge in [-0.1, -0.05) is 24.3 Å². The summed E-state index contributed by atoms with van der Waals surface area (Å²) < 4.78 is 5.33. The average molecular weight is 214 g/mol. The van der Waals surface area contributed by atoms with Gasteiger partial charge >= 0.3 is 0 Å². The third-order valence-electron chi connectivity index (χ3n) is 2.48. The molecule has 0 fully saturated rings. The Labute approximate surface area is 94.9 Å². The van der Waals surface area contributed by atoms with Crippen molar-refractivity contribution in [2.45, 2.75) is 6.54 Å². The van der Waals surface area contributed by atoms with Crippen LogP contribution in [0.4, 0.5) is 0 Å². The Morgan fingerprint density at radius 3 is 2.62 bits per heavy atom. The number of aromatic nitrogens is 1. The number of nitrogens with two attached hydrogens (primary N) is 1. The molecule has 82 valence electrons. The van der Waals surface area contributed by atoms with E-state index in [4.69, 9.17) is 10.5 Å². The van der Waals surface area contributed by atoms with Gasteiger partial charge in [0.05, 0.1) is 12.8 Å². The molecule has 0 aliphatic rings. The molecule has 2 rings (SSSR count). The van der Waals surface area contributed by atoms with Gasteiger partial charge in [-0.2, -0.15) is 0 Å². The largest absolute Gasteiger partial charge is 0.496 e. The minimum Gasteiger partial charge on any atom is -0.496 e. The van der Waals surface area contributed by atoms with E-state index in [-0.39, 0.29) is 0 Å². The van der Waals surface area contributed by atoms with Gasteiger partial charge in [-0.3, -0.25) is 4.98 Å². The van der Waals surface area contributed by atoms with Gasteiger partial charge in [0.25, 0.3) is 0 Å². The van der Waals surface area contributed by atoms with E-state index in [1.165, 1.54) is 0 Å². The summed E-state index contributed by atoms with van der Waals surface area (Å²) >= 11 is 0. The van der Waals surface area contributed by atoms with Crippen LogP contribution in [0.1, 0.15) is 5.69 Å². The van der Waals surface area contributed by atoms with Crippen LogP contribution in [-0.2, 0) is 6.54 Å². The molecule has 0 radical (unpaired) electrons. The summed E-state index contributed by atoms with van der Waals surface area (Å²) in [5.41, 5.74) is 8.61. The Kier molecular flexibility index (Phi) is 3.17. The second-order valence-electron chi connectivity index (χ2n) is 3.40. The zero-order valence-electron chi connectivity index (χ0n) is 9.18. The van der Waals surface area contributed by atoms with Crippen molar-refractivity contribution in [2.24, 2.45) is 5.73 Å². The van der Waals surface area contributed by atoms with Crippen molar-refractivity contribution in [3.05, 3.63) is 48.3 Å². The normalized spacial score (nSPS) is 10.1. The van der Waals surface area contributed by atoms with Crippen molar-refractivity contribution < 1.29 is 4.74 Å². The summed E-state index contributed by atoms with van der Waals surface area (Å²) in [5.74, 6) is 0.838. The van der Waals surface area contributed by atoms with Gasteiger partial charge in [0.1, 0.15) is 5.75 Å². The maximum absolute atomic E-state index is 5.68. The average Bonchev–Trinajstić information content (AvgIpc) is 2.38. The lowest BCUT2D eigenvalue weighted by Gasteiger charge is -2.10. The first-order valence-electron chi connectivity index (χ1n) is 5.14. The van der Waals surface area contributed by atoms with Crippen molar-refractivity contribution in [2.75, 3.05) is 7.11 Å². The van der Waals surface area contributed by atoms with Gasteiger partial charge in [-0.25, -0.2) is 0 Å². The minimum atomic E-state index is 0.425. The van der Waals surface area contributed by atoms with E-state index in [0.717, 1.165) is 22.6 Å². The van der Waals surface area contributed by atoms with Crippen molar-refractivity contribution in [1.29, 1.82) is 0 Å². The lowest BCUT2D eigenvalue weighted by Crippen LogP contribution is -2.02. The van der Waals surface area contributed by atoms with Gasteiger partial charge in [0.15, 0.2) is 0 Å². The van der Waals surface area contributed by atoms with E-state index >= 15 is 0 Å². The Bertz CT molecular complexity index is 437. The maximum Gasteiger partial charge on any atom is 0.126 e. The quantitative estimate of drug-likeness (QED) is 0.852. The van der Waals surface area contributed by atoms with Crippen molar-refractivity contribution in [3.63, 3.8) is 0 Å². The first-order chi connectivity index (χ1) is 7.86. The highest BCUT2D eigenvalue weighted by Gasteiger charge is 2.08. The summed E-state index contributed by atoms with van der Waals surface area (Å²) in [6.07, 6.45) is 1.75. The van der Waals surface area contributed by atoms with Crippen LogP contribution in [-0.4, -0.2) is 12.1 Å². The van der Waals surface area contributed by atoms with Crippen LogP contribution >= 0.6 is 0 Å². The number of rotatable bonds is 3. The summed E-state index contributed by atoms with van der Waals surface area (Å²) in [4.78, 5) is 4.27. The molecule has 0 saturated carbocycles. The molecular formula is C13H14N2O. The highest BCUT2D eigenvalue weighted by molar-refractivity contribution is 5.72. The number of methoxy groups -OCH3 is 1. The van der Waals surface area contributed by atoms with Crippen molar-refractivity contribution in [1.82, 2.24) is 4.98 Å². The highest BCUT2D eigenvalue weighted by atomic mass is 16.5. The van der Waals surface area contributed by atoms with Gasteiger partial charge in [-0.15, -0.1) is 0 Å². The van der Waals surface area contributed by atoms with Crippen LogP contribution in [0.25, 0.3) is 11.1 Å². The summed E-state index contributed by atoms with van der Waals surface area (Å²) in [7, 11) is 1.66. The van der Waals surface area contributed by atoms with Gasteiger partial charge < -0.3 is 10.5 Å². The molecule has 0 amide bonds. The molecule has 0 aliphatic heterocycles. The fourth-order valence-electron chi connectivity index (χ4n) is 1.71. The molecule has 1 aromatic carbocycles. The molecule has 0 atom stereocenters. The first-order valence-corrected chi connectivity index (χ1v) is 5.14. The Morgan fingerprint density at radius 1 is 1.12 bits per heavy atom. The molecule has 0 saturated heterocycles. The second kappa shape index (κ2) is 4.77. The molecule has 0 aliphatic carbocycles. The van der Waals surface area contributed by atoms with E-state index in [0.29, 0.717) is 6.54 Å². The summed E-state index contributed by atoms with van der Waals surface area (Å²) in [5, 5.41) is 0. The fourth-order valence-corrected chi connectivity index (χ4v) is 1.71. The van der Waals surface area contributed by atoms with Gasteiger partial charge in [0.2, 0.25) is 0 Å². The Hall–Kier alpha value is -1.87. The van der Waals surface area contributed by atoms with Crippen LogP contribution in [0.5, 0.6) is 5.75 Å². The van der Waals surface area contributed by atoms with Crippen LogP contribution in [0.3, 0.4) is 0 Å². The summed E-state index contributed by atoms with van der Waals surface area (Å²) in [6, 6.07) is 11.8. The minimum absolute atomic E-state index is 0.425. The second-order valence-corrected chi connectivity index (χ2v) is 3.40. The molecule has 2 aromatic rings. The lowest BCUT2D eigenvalue weighted by molar-refractivity contribution is 0.416. The summed E-state index contributed by atoms with van der Waals surface area (Å²) in [6.45, 7) is 0.425. The van der Waals surface area contributed by atoms with Crippen molar-refractivity contribution >= 4 is 0 Å². The van der Waals surface area contributed by atoms with Crippen molar-refractivity contribution in [3.8, 4) is 16.9 Å². The van der Waals surface area contributed by atoms with E-state index in [1.54, 1.807) is 13.3 Å². The Morgan fingerprint density at radius 2 is 1.88 bits per heavy atom. The number of nitrogens with zero attached hydrogens (tertiary/aromatic N) is 1. The number of pyridine rings is 1.